The minimum atomic E-state index is -0.901. The molecule has 2 N–H and O–H groups in total. The lowest BCUT2D eigenvalue weighted by Gasteiger charge is -2.22. The van der Waals surface area contributed by atoms with Crippen molar-refractivity contribution in [3.63, 3.8) is 0 Å². The van der Waals surface area contributed by atoms with Crippen LogP contribution >= 0.6 is 11.6 Å². The number of hydrogen-bond donors (Lipinski definition) is 2. The molecular weight excluding hydrogens is 430 g/mol. The molecule has 33 heavy (non-hydrogen) atoms. The number of aliphatic hydroxyl groups excluding tert-OH is 1. The largest absolute Gasteiger partial charge is 0.388 e. The number of aromatic nitrogens is 1. The summed E-state index contributed by atoms with van der Waals surface area (Å²) in [6, 6.07) is 25.5. The molecule has 0 fully saturated rings. The first-order chi connectivity index (χ1) is 15.8. The second kappa shape index (κ2) is 9.88. The van der Waals surface area contributed by atoms with Gasteiger partial charge < -0.3 is 10.2 Å². The summed E-state index contributed by atoms with van der Waals surface area (Å²) < 4.78 is 0. The molecule has 1 aromatic heterocycles. The zero-order chi connectivity index (χ0) is 23.4. The molecule has 3 aromatic carbocycles. The summed E-state index contributed by atoms with van der Waals surface area (Å²) in [6.45, 7) is 3.58. The van der Waals surface area contributed by atoms with Crippen LogP contribution in [-0.4, -0.2) is 15.2 Å². The molecule has 168 valence electrons. The van der Waals surface area contributed by atoms with Crippen molar-refractivity contribution in [3.8, 4) is 0 Å². The molecule has 0 saturated heterocycles. The third-order valence-electron chi connectivity index (χ3n) is 5.81. The molecule has 3 nitrogen and oxygen atoms in total. The molecule has 0 saturated carbocycles. The van der Waals surface area contributed by atoms with E-state index in [1.165, 1.54) is 0 Å². The van der Waals surface area contributed by atoms with Crippen LogP contribution in [0.5, 0.6) is 0 Å². The number of nitrogens with zero attached hydrogens (tertiary/aromatic N) is 1. The summed E-state index contributed by atoms with van der Waals surface area (Å²) in [5.41, 5.74) is 4.71. The van der Waals surface area contributed by atoms with Crippen LogP contribution in [0.3, 0.4) is 0 Å². The van der Waals surface area contributed by atoms with Gasteiger partial charge in [0.2, 0.25) is 0 Å². The van der Waals surface area contributed by atoms with E-state index in [4.69, 9.17) is 11.6 Å². The highest BCUT2D eigenvalue weighted by Crippen LogP contribution is 2.27. The monoisotopic (exact) mass is 457 g/mol. The van der Waals surface area contributed by atoms with Gasteiger partial charge in [-0.05, 0) is 73.2 Å². The van der Waals surface area contributed by atoms with E-state index < -0.39 is 11.7 Å². The van der Waals surface area contributed by atoms with Crippen molar-refractivity contribution in [1.82, 2.24) is 4.98 Å². The standard InChI is InChI=1S/C29H28ClNO2/c1-29(2,33)26-6-4-3-5-21(26)14-18-28(32)23-10-7-20(8-11-23)9-16-25-17-13-22-12-15-24(30)19-27(22)31-25/h3-13,15-17,19,28,32-33H,14,18H2,1-2H3/b16-9+. The first-order valence-corrected chi connectivity index (χ1v) is 11.5. The van der Waals surface area contributed by atoms with Crippen molar-refractivity contribution in [1.29, 1.82) is 0 Å². The Morgan fingerprint density at radius 1 is 0.939 bits per heavy atom. The van der Waals surface area contributed by atoms with Gasteiger partial charge in [0.15, 0.2) is 0 Å². The molecule has 4 rings (SSSR count). The minimum absolute atomic E-state index is 0.565. The third kappa shape index (κ3) is 5.88. The van der Waals surface area contributed by atoms with Gasteiger partial charge in [0.1, 0.15) is 0 Å². The van der Waals surface area contributed by atoms with Crippen molar-refractivity contribution in [2.75, 3.05) is 0 Å². The van der Waals surface area contributed by atoms with Gasteiger partial charge in [-0.15, -0.1) is 0 Å². The Morgan fingerprint density at radius 2 is 1.67 bits per heavy atom. The first-order valence-electron chi connectivity index (χ1n) is 11.1. The third-order valence-corrected chi connectivity index (χ3v) is 6.04. The lowest BCUT2D eigenvalue weighted by Crippen LogP contribution is -2.18. The molecule has 0 radical (unpaired) electrons. The maximum atomic E-state index is 10.7. The smallest absolute Gasteiger partial charge is 0.0843 e. The molecule has 1 heterocycles. The number of rotatable bonds is 7. The van der Waals surface area contributed by atoms with E-state index in [0.717, 1.165) is 38.9 Å². The van der Waals surface area contributed by atoms with Crippen molar-refractivity contribution >= 4 is 34.7 Å². The number of aryl methyl sites for hydroxylation is 1. The quantitative estimate of drug-likeness (QED) is 0.315. The molecule has 1 atom stereocenters. The molecule has 0 spiro atoms. The van der Waals surface area contributed by atoms with Gasteiger partial charge in [0, 0.05) is 10.4 Å². The topological polar surface area (TPSA) is 53.4 Å². The van der Waals surface area contributed by atoms with E-state index in [-0.39, 0.29) is 0 Å². The fraction of sp³-hybridized carbons (Fsp3) is 0.207. The number of halogens is 1. The maximum Gasteiger partial charge on any atom is 0.0843 e. The van der Waals surface area contributed by atoms with Crippen LogP contribution in [-0.2, 0) is 12.0 Å². The SMILES string of the molecule is CC(C)(O)c1ccccc1CCC(O)c1ccc(/C=C/c2ccc3ccc(Cl)cc3n2)cc1. The Labute approximate surface area is 200 Å². The summed E-state index contributed by atoms with van der Waals surface area (Å²) in [7, 11) is 0. The average Bonchev–Trinajstić information content (AvgIpc) is 2.81. The molecular formula is C29H28ClNO2. The van der Waals surface area contributed by atoms with Crippen LogP contribution < -0.4 is 0 Å². The average molecular weight is 458 g/mol. The minimum Gasteiger partial charge on any atom is -0.388 e. The molecule has 1 unspecified atom stereocenters. The summed E-state index contributed by atoms with van der Waals surface area (Å²) in [6.07, 6.45) is 4.70. The lowest BCUT2D eigenvalue weighted by molar-refractivity contribution is 0.0772. The number of hydrogen-bond acceptors (Lipinski definition) is 3. The van der Waals surface area contributed by atoms with Gasteiger partial charge in [-0.3, -0.25) is 0 Å². The lowest BCUT2D eigenvalue weighted by atomic mass is 9.90. The highest BCUT2D eigenvalue weighted by atomic mass is 35.5. The van der Waals surface area contributed by atoms with Crippen LogP contribution in [0.2, 0.25) is 5.02 Å². The fourth-order valence-corrected chi connectivity index (χ4v) is 4.17. The van der Waals surface area contributed by atoms with Crippen LogP contribution in [0.1, 0.15) is 54.3 Å². The van der Waals surface area contributed by atoms with Gasteiger partial charge in [0.25, 0.3) is 0 Å². The van der Waals surface area contributed by atoms with E-state index in [1.807, 2.05) is 91.0 Å². The Bertz CT molecular complexity index is 1270. The Hall–Kier alpha value is -2.98. The summed E-state index contributed by atoms with van der Waals surface area (Å²) >= 11 is 6.08. The maximum absolute atomic E-state index is 10.7. The van der Waals surface area contributed by atoms with E-state index >= 15 is 0 Å². The van der Waals surface area contributed by atoms with Crippen molar-refractivity contribution < 1.29 is 10.2 Å². The summed E-state index contributed by atoms with van der Waals surface area (Å²) in [5.74, 6) is 0. The van der Waals surface area contributed by atoms with Gasteiger partial charge in [-0.25, -0.2) is 4.98 Å². The van der Waals surface area contributed by atoms with Gasteiger partial charge in [-0.2, -0.15) is 0 Å². The summed E-state index contributed by atoms with van der Waals surface area (Å²) in [5, 5.41) is 22.8. The van der Waals surface area contributed by atoms with Crippen molar-refractivity contribution in [2.24, 2.45) is 0 Å². The highest BCUT2D eigenvalue weighted by molar-refractivity contribution is 6.31. The number of benzene rings is 3. The molecule has 0 aliphatic heterocycles. The predicted octanol–water partition coefficient (Wildman–Crippen LogP) is 6.95. The Balaban J connectivity index is 1.41. The van der Waals surface area contributed by atoms with Gasteiger partial charge >= 0.3 is 0 Å². The molecule has 4 aromatic rings. The zero-order valence-electron chi connectivity index (χ0n) is 18.9. The highest BCUT2D eigenvalue weighted by Gasteiger charge is 2.20. The molecule has 0 aliphatic carbocycles. The normalized spacial score (nSPS) is 13.0. The van der Waals surface area contributed by atoms with Crippen molar-refractivity contribution in [3.05, 3.63) is 112 Å². The van der Waals surface area contributed by atoms with Gasteiger partial charge in [0.05, 0.1) is 22.9 Å². The zero-order valence-corrected chi connectivity index (χ0v) is 19.6. The summed E-state index contributed by atoms with van der Waals surface area (Å²) in [4.78, 5) is 4.65. The Kier molecular flexibility index (Phi) is 6.94. The van der Waals surface area contributed by atoms with Crippen molar-refractivity contribution in [2.45, 2.75) is 38.4 Å². The number of pyridine rings is 1. The van der Waals surface area contributed by atoms with E-state index in [2.05, 4.69) is 4.98 Å². The van der Waals surface area contributed by atoms with E-state index in [9.17, 15) is 10.2 Å². The molecule has 4 heteroatoms. The van der Waals surface area contributed by atoms with E-state index in [1.54, 1.807) is 13.8 Å². The van der Waals surface area contributed by atoms with Gasteiger partial charge in [-0.1, -0.05) is 78.3 Å². The Morgan fingerprint density at radius 3 is 2.42 bits per heavy atom. The van der Waals surface area contributed by atoms with Crippen LogP contribution in [0, 0.1) is 0 Å². The van der Waals surface area contributed by atoms with E-state index in [0.29, 0.717) is 17.9 Å². The predicted molar refractivity (Wildman–Crippen MR) is 137 cm³/mol. The molecule has 0 bridgehead atoms. The first kappa shape index (κ1) is 23.2. The number of fused-ring (bicyclic) bond motifs is 1. The van der Waals surface area contributed by atoms with Crippen LogP contribution in [0.4, 0.5) is 0 Å². The van der Waals surface area contributed by atoms with Crippen LogP contribution in [0.25, 0.3) is 23.1 Å². The number of aliphatic hydroxyl groups is 2. The fourth-order valence-electron chi connectivity index (χ4n) is 4.00. The second-order valence-electron chi connectivity index (χ2n) is 8.84. The molecule has 0 amide bonds. The van der Waals surface area contributed by atoms with Crippen LogP contribution in [0.15, 0.2) is 78.9 Å². The molecule has 0 aliphatic rings. The second-order valence-corrected chi connectivity index (χ2v) is 9.28.